The van der Waals surface area contributed by atoms with Crippen molar-refractivity contribution in [1.29, 1.82) is 0 Å². The molecule has 5 heteroatoms. The van der Waals surface area contributed by atoms with E-state index in [0.29, 0.717) is 6.54 Å². The molecule has 0 atom stereocenters. The zero-order chi connectivity index (χ0) is 15.1. The van der Waals surface area contributed by atoms with Gasteiger partial charge in [0.1, 0.15) is 24.1 Å². The summed E-state index contributed by atoms with van der Waals surface area (Å²) in [7, 11) is 0. The van der Waals surface area contributed by atoms with Gasteiger partial charge in [-0.15, -0.1) is 0 Å². The van der Waals surface area contributed by atoms with Gasteiger partial charge in [0.2, 0.25) is 0 Å². The number of carbonyl (C=O) groups is 1. The summed E-state index contributed by atoms with van der Waals surface area (Å²) in [6.07, 6.45) is 0. The van der Waals surface area contributed by atoms with Crippen LogP contribution in [0.25, 0.3) is 11.0 Å². The van der Waals surface area contributed by atoms with Gasteiger partial charge in [-0.2, -0.15) is 0 Å². The average Bonchev–Trinajstić information content (AvgIpc) is 3.11. The number of anilines is 1. The minimum Gasteiger partial charge on any atom is -0.291 e. The molecule has 22 heavy (non-hydrogen) atoms. The van der Waals surface area contributed by atoms with Crippen molar-refractivity contribution in [3.63, 3.8) is 0 Å². The normalized spacial score (nSPS) is 13.1. The van der Waals surface area contributed by atoms with Gasteiger partial charge in [-0.3, -0.25) is 10.1 Å². The maximum atomic E-state index is 12.6. The van der Waals surface area contributed by atoms with E-state index in [4.69, 9.17) is 0 Å². The lowest BCUT2D eigenvalue weighted by Crippen LogP contribution is -2.29. The van der Waals surface area contributed by atoms with E-state index >= 15 is 0 Å². The molecular weight excluding hydrogens is 342 g/mol. The van der Waals surface area contributed by atoms with E-state index in [1.165, 1.54) is 5.52 Å². The van der Waals surface area contributed by atoms with E-state index in [0.717, 1.165) is 34.6 Å². The molecule has 0 saturated heterocycles. The molecule has 0 bridgehead atoms. The van der Waals surface area contributed by atoms with Crippen LogP contribution in [0.15, 0.2) is 53.0 Å². The lowest BCUT2D eigenvalue weighted by molar-refractivity contribution is -0.644. The van der Waals surface area contributed by atoms with Gasteiger partial charge in [-0.25, -0.2) is 9.13 Å². The summed E-state index contributed by atoms with van der Waals surface area (Å²) in [5.41, 5.74) is 3.00. The van der Waals surface area contributed by atoms with Crippen molar-refractivity contribution in [3.8, 4) is 0 Å². The molecule has 0 radical (unpaired) electrons. The topological polar surface area (TPSA) is 37.9 Å². The summed E-state index contributed by atoms with van der Waals surface area (Å²) in [6, 6.07) is 15.7. The van der Waals surface area contributed by atoms with E-state index in [-0.39, 0.29) is 5.78 Å². The number of fused-ring (bicyclic) bond motifs is 3. The number of aromatic nitrogens is 2. The molecule has 0 amide bonds. The number of benzene rings is 2. The number of nitrogens with one attached hydrogen (secondary N) is 1. The van der Waals surface area contributed by atoms with Crippen LogP contribution >= 0.6 is 15.9 Å². The Balaban J connectivity index is 1.75. The first-order chi connectivity index (χ1) is 10.7. The van der Waals surface area contributed by atoms with Crippen molar-refractivity contribution in [2.75, 3.05) is 11.9 Å². The molecule has 3 aromatic rings. The molecule has 4 nitrogen and oxygen atoms in total. The smallest absolute Gasteiger partial charge is 0.291 e. The highest BCUT2D eigenvalue weighted by molar-refractivity contribution is 9.10. The van der Waals surface area contributed by atoms with Gasteiger partial charge < -0.3 is 0 Å². The zero-order valence-electron chi connectivity index (χ0n) is 11.9. The van der Waals surface area contributed by atoms with E-state index in [1.54, 1.807) is 0 Å². The van der Waals surface area contributed by atoms with Gasteiger partial charge in [-0.05, 0) is 24.3 Å². The number of nitrogens with zero attached hydrogens (tertiary/aromatic N) is 2. The summed E-state index contributed by atoms with van der Waals surface area (Å²) in [4.78, 5) is 12.6. The fraction of sp³-hybridized carbons (Fsp3) is 0.176. The van der Waals surface area contributed by atoms with Crippen molar-refractivity contribution in [2.45, 2.75) is 13.1 Å². The summed E-state index contributed by atoms with van der Waals surface area (Å²) < 4.78 is 5.30. The molecule has 0 saturated carbocycles. The Labute approximate surface area is 136 Å². The van der Waals surface area contributed by atoms with Crippen molar-refractivity contribution in [1.82, 2.24) is 4.57 Å². The Bertz CT molecular complexity index is 867. The number of hydrogen-bond acceptors (Lipinski definition) is 2. The number of Topliss-reactive ketones (excluding diaryl/α,β-unsaturated/α-hetero) is 1. The maximum absolute atomic E-state index is 12.6. The van der Waals surface area contributed by atoms with Gasteiger partial charge in [0.25, 0.3) is 0 Å². The van der Waals surface area contributed by atoms with Crippen LogP contribution in [0, 0.1) is 0 Å². The predicted molar refractivity (Wildman–Crippen MR) is 89.1 cm³/mol. The first-order valence-electron chi connectivity index (χ1n) is 7.28. The molecule has 4 rings (SSSR count). The third kappa shape index (κ3) is 2.13. The lowest BCUT2D eigenvalue weighted by Gasteiger charge is -2.03. The summed E-state index contributed by atoms with van der Waals surface area (Å²) in [5, 5.41) is 3.39. The summed E-state index contributed by atoms with van der Waals surface area (Å²) in [5.74, 6) is 1.14. The quantitative estimate of drug-likeness (QED) is 0.578. The molecule has 0 fully saturated rings. The molecule has 0 aliphatic carbocycles. The standard InChI is InChI=1S/C17H14BrN3O/c18-13-7-5-12(6-8-13)16(22)11-21-15-4-2-1-3-14(15)20-10-9-19-17(20)21/h1-8H,9-11H2/p+1. The minimum atomic E-state index is 0.116. The first kappa shape index (κ1) is 13.5. The molecule has 110 valence electrons. The van der Waals surface area contributed by atoms with Crippen LogP contribution in [0.5, 0.6) is 0 Å². The first-order valence-corrected chi connectivity index (χ1v) is 8.07. The zero-order valence-corrected chi connectivity index (χ0v) is 13.5. The Hall–Kier alpha value is -2.14. The molecule has 0 spiro atoms. The van der Waals surface area contributed by atoms with Crippen molar-refractivity contribution in [3.05, 3.63) is 58.6 Å². The minimum absolute atomic E-state index is 0.116. The second kappa shape index (κ2) is 5.25. The number of halogens is 1. The molecule has 2 heterocycles. The SMILES string of the molecule is O=C(Cn1c2[n+](c3ccccc31)CCN2)c1ccc(Br)cc1. The molecular formula is C17H15BrN3O+. The van der Waals surface area contributed by atoms with Crippen molar-refractivity contribution < 1.29 is 9.36 Å². The van der Waals surface area contributed by atoms with Gasteiger partial charge in [0.05, 0.1) is 6.54 Å². The van der Waals surface area contributed by atoms with Gasteiger partial charge in [0.15, 0.2) is 5.78 Å². The van der Waals surface area contributed by atoms with Gasteiger partial charge in [0, 0.05) is 10.0 Å². The summed E-state index contributed by atoms with van der Waals surface area (Å²) >= 11 is 3.40. The predicted octanol–water partition coefficient (Wildman–Crippen LogP) is 3.00. The summed E-state index contributed by atoms with van der Waals surface area (Å²) in [6.45, 7) is 2.19. The Morgan fingerprint density at radius 1 is 1.18 bits per heavy atom. The monoisotopic (exact) mass is 356 g/mol. The fourth-order valence-electron chi connectivity index (χ4n) is 3.02. The number of carbonyl (C=O) groups excluding carboxylic acids is 1. The highest BCUT2D eigenvalue weighted by Gasteiger charge is 2.28. The van der Waals surface area contributed by atoms with Crippen LogP contribution in [0.4, 0.5) is 5.95 Å². The van der Waals surface area contributed by atoms with E-state index in [1.807, 2.05) is 36.4 Å². The Morgan fingerprint density at radius 3 is 2.77 bits per heavy atom. The van der Waals surface area contributed by atoms with Crippen LogP contribution in [0.2, 0.25) is 0 Å². The van der Waals surface area contributed by atoms with Crippen molar-refractivity contribution in [2.24, 2.45) is 0 Å². The largest absolute Gasteiger partial charge is 0.359 e. The van der Waals surface area contributed by atoms with Gasteiger partial charge in [-0.1, -0.05) is 40.2 Å². The van der Waals surface area contributed by atoms with E-state index < -0.39 is 0 Å². The number of imidazole rings is 1. The number of para-hydroxylation sites is 2. The molecule has 0 unspecified atom stereocenters. The molecule has 1 N–H and O–H groups in total. The molecule has 2 aromatic carbocycles. The average molecular weight is 357 g/mol. The van der Waals surface area contributed by atoms with E-state index in [9.17, 15) is 4.79 Å². The van der Waals surface area contributed by atoms with Crippen LogP contribution in [-0.4, -0.2) is 16.9 Å². The highest BCUT2D eigenvalue weighted by Crippen LogP contribution is 2.21. The van der Waals surface area contributed by atoms with E-state index in [2.05, 4.69) is 42.5 Å². The highest BCUT2D eigenvalue weighted by atomic mass is 79.9. The van der Waals surface area contributed by atoms with Crippen LogP contribution < -0.4 is 9.88 Å². The second-order valence-electron chi connectivity index (χ2n) is 5.41. The Morgan fingerprint density at radius 2 is 1.95 bits per heavy atom. The van der Waals surface area contributed by atoms with Crippen molar-refractivity contribution >= 4 is 38.7 Å². The Kier molecular flexibility index (Phi) is 3.22. The fourth-order valence-corrected chi connectivity index (χ4v) is 3.29. The lowest BCUT2D eigenvalue weighted by atomic mass is 10.1. The number of hydrogen-bond donors (Lipinski definition) is 1. The molecule has 1 aromatic heterocycles. The van der Waals surface area contributed by atoms with Gasteiger partial charge >= 0.3 is 5.95 Å². The van der Waals surface area contributed by atoms with Crippen LogP contribution in [0.1, 0.15) is 10.4 Å². The van der Waals surface area contributed by atoms with Crippen LogP contribution in [0.3, 0.4) is 0 Å². The number of rotatable bonds is 3. The number of ketones is 1. The molecule has 1 aliphatic rings. The van der Waals surface area contributed by atoms with Crippen LogP contribution in [-0.2, 0) is 13.1 Å². The third-order valence-electron chi connectivity index (χ3n) is 4.06. The maximum Gasteiger partial charge on any atom is 0.359 e. The third-order valence-corrected chi connectivity index (χ3v) is 4.59. The molecule has 1 aliphatic heterocycles. The second-order valence-corrected chi connectivity index (χ2v) is 6.32.